The van der Waals surface area contributed by atoms with Crippen LogP contribution in [-0.4, -0.2) is 41.6 Å². The Morgan fingerprint density at radius 2 is 1.90 bits per heavy atom. The molecule has 4 heteroatoms. The van der Waals surface area contributed by atoms with Crippen LogP contribution in [0.15, 0.2) is 24.3 Å². The normalized spacial score (nSPS) is 12.4. The molecule has 0 aromatic heterocycles. The molecule has 0 aliphatic rings. The highest BCUT2D eigenvalue weighted by Gasteiger charge is 2.12. The summed E-state index contributed by atoms with van der Waals surface area (Å²) in [5, 5.41) is 12.6. The Balaban J connectivity index is 2.29. The maximum absolute atomic E-state index is 12.0. The second-order valence-corrected chi connectivity index (χ2v) is 5.41. The molecule has 1 unspecified atom stereocenters. The number of nitrogens with one attached hydrogen (secondary N) is 1. The van der Waals surface area contributed by atoms with E-state index >= 15 is 0 Å². The van der Waals surface area contributed by atoms with Crippen LogP contribution >= 0.6 is 0 Å². The molecular formula is C17H28N2O2. The molecule has 0 saturated carbocycles. The summed E-state index contributed by atoms with van der Waals surface area (Å²) in [6, 6.07) is 6.75. The zero-order valence-corrected chi connectivity index (χ0v) is 13.4. The van der Waals surface area contributed by atoms with Crippen LogP contribution in [0.4, 0.5) is 0 Å². The molecule has 1 amide bonds. The van der Waals surface area contributed by atoms with Gasteiger partial charge in [0, 0.05) is 6.04 Å². The standard InChI is InChI=1S/C17H28N2O2/c1-4-19(5-2)13-9-8-10-14(3)18-17(21)15-11-6-7-12-16(15)20/h6-7,11-12,14,20H,4-5,8-10,13H2,1-3H3,(H,18,21). The van der Waals surface area contributed by atoms with Crippen molar-refractivity contribution in [3.05, 3.63) is 29.8 Å². The summed E-state index contributed by atoms with van der Waals surface area (Å²) < 4.78 is 0. The van der Waals surface area contributed by atoms with Crippen molar-refractivity contribution in [2.75, 3.05) is 19.6 Å². The molecule has 1 aromatic rings. The second-order valence-electron chi connectivity index (χ2n) is 5.41. The Morgan fingerprint density at radius 3 is 2.52 bits per heavy atom. The number of carbonyl (C=O) groups excluding carboxylic acids is 1. The SMILES string of the molecule is CCN(CC)CCCCC(C)NC(=O)c1ccccc1O. The molecule has 1 rings (SSSR count). The molecule has 0 heterocycles. The number of hydrogen-bond acceptors (Lipinski definition) is 3. The van der Waals surface area contributed by atoms with Gasteiger partial charge in [0.15, 0.2) is 0 Å². The van der Waals surface area contributed by atoms with Crippen LogP contribution in [0.5, 0.6) is 5.75 Å². The third-order valence-corrected chi connectivity index (χ3v) is 3.78. The van der Waals surface area contributed by atoms with Crippen molar-refractivity contribution in [2.24, 2.45) is 0 Å². The van der Waals surface area contributed by atoms with Gasteiger partial charge >= 0.3 is 0 Å². The average Bonchev–Trinajstić information content (AvgIpc) is 2.47. The van der Waals surface area contributed by atoms with Gasteiger partial charge in [0.05, 0.1) is 5.56 Å². The maximum Gasteiger partial charge on any atom is 0.255 e. The Hall–Kier alpha value is -1.55. The van der Waals surface area contributed by atoms with Gasteiger partial charge in [-0.2, -0.15) is 0 Å². The topological polar surface area (TPSA) is 52.6 Å². The van der Waals surface area contributed by atoms with Crippen LogP contribution in [0.3, 0.4) is 0 Å². The van der Waals surface area contributed by atoms with Gasteiger partial charge in [0.25, 0.3) is 5.91 Å². The second kappa shape index (κ2) is 9.40. The number of phenolic OH excluding ortho intramolecular Hbond substituents is 1. The summed E-state index contributed by atoms with van der Waals surface area (Å²) in [5.74, 6) is -0.173. The smallest absolute Gasteiger partial charge is 0.255 e. The minimum atomic E-state index is -0.204. The lowest BCUT2D eigenvalue weighted by Gasteiger charge is -2.19. The molecule has 2 N–H and O–H groups in total. The van der Waals surface area contributed by atoms with Gasteiger partial charge in [-0.3, -0.25) is 4.79 Å². The van der Waals surface area contributed by atoms with Crippen LogP contribution in [-0.2, 0) is 0 Å². The number of benzene rings is 1. The number of phenols is 1. The van der Waals surface area contributed by atoms with Crippen LogP contribution in [0.1, 0.15) is 50.4 Å². The highest BCUT2D eigenvalue weighted by atomic mass is 16.3. The molecule has 0 bridgehead atoms. The summed E-state index contributed by atoms with van der Waals surface area (Å²) in [6.07, 6.45) is 3.21. The van der Waals surface area contributed by atoms with E-state index in [1.807, 2.05) is 6.92 Å². The molecule has 118 valence electrons. The molecular weight excluding hydrogens is 264 g/mol. The van der Waals surface area contributed by atoms with Crippen LogP contribution in [0, 0.1) is 0 Å². The molecule has 1 atom stereocenters. The van der Waals surface area contributed by atoms with Crippen molar-refractivity contribution in [1.82, 2.24) is 10.2 Å². The molecule has 0 aliphatic heterocycles. The quantitative estimate of drug-likeness (QED) is 0.688. The van der Waals surface area contributed by atoms with Crippen molar-refractivity contribution >= 4 is 5.91 Å². The first-order valence-electron chi connectivity index (χ1n) is 7.89. The maximum atomic E-state index is 12.0. The lowest BCUT2D eigenvalue weighted by Crippen LogP contribution is -2.32. The first-order valence-corrected chi connectivity index (χ1v) is 7.89. The highest BCUT2D eigenvalue weighted by Crippen LogP contribution is 2.15. The van der Waals surface area contributed by atoms with E-state index in [1.54, 1.807) is 18.2 Å². The molecule has 0 fully saturated rings. The van der Waals surface area contributed by atoms with Gasteiger partial charge in [-0.25, -0.2) is 0 Å². The minimum Gasteiger partial charge on any atom is -0.507 e. The number of unbranched alkanes of at least 4 members (excludes halogenated alkanes) is 1. The summed E-state index contributed by atoms with van der Waals surface area (Å²) in [6.45, 7) is 9.67. The van der Waals surface area contributed by atoms with Crippen LogP contribution < -0.4 is 5.32 Å². The number of aromatic hydroxyl groups is 1. The summed E-state index contributed by atoms with van der Waals surface area (Å²) in [7, 11) is 0. The number of para-hydroxylation sites is 1. The lowest BCUT2D eigenvalue weighted by molar-refractivity contribution is 0.0935. The number of rotatable bonds is 9. The van der Waals surface area contributed by atoms with E-state index in [0.717, 1.165) is 38.9 Å². The van der Waals surface area contributed by atoms with Crippen LogP contribution in [0.2, 0.25) is 0 Å². The molecule has 0 spiro atoms. The third-order valence-electron chi connectivity index (χ3n) is 3.78. The van der Waals surface area contributed by atoms with E-state index in [2.05, 4.69) is 24.1 Å². The Morgan fingerprint density at radius 1 is 1.24 bits per heavy atom. The van der Waals surface area contributed by atoms with E-state index in [4.69, 9.17) is 0 Å². The number of amides is 1. The van der Waals surface area contributed by atoms with E-state index in [-0.39, 0.29) is 17.7 Å². The van der Waals surface area contributed by atoms with Gasteiger partial charge in [-0.15, -0.1) is 0 Å². The van der Waals surface area contributed by atoms with E-state index in [0.29, 0.717) is 5.56 Å². The average molecular weight is 292 g/mol. The lowest BCUT2D eigenvalue weighted by atomic mass is 10.1. The van der Waals surface area contributed by atoms with E-state index < -0.39 is 0 Å². The first-order chi connectivity index (χ1) is 10.1. The van der Waals surface area contributed by atoms with Crippen molar-refractivity contribution in [1.29, 1.82) is 0 Å². The zero-order chi connectivity index (χ0) is 15.7. The van der Waals surface area contributed by atoms with Crippen molar-refractivity contribution in [2.45, 2.75) is 46.1 Å². The summed E-state index contributed by atoms with van der Waals surface area (Å²) >= 11 is 0. The Bertz CT molecular complexity index is 431. The molecule has 0 radical (unpaired) electrons. The first kappa shape index (κ1) is 17.5. The molecule has 4 nitrogen and oxygen atoms in total. The molecule has 0 aliphatic carbocycles. The molecule has 0 saturated heterocycles. The summed E-state index contributed by atoms with van der Waals surface area (Å²) in [4.78, 5) is 14.4. The van der Waals surface area contributed by atoms with Gasteiger partial charge in [0.2, 0.25) is 0 Å². The zero-order valence-electron chi connectivity index (χ0n) is 13.4. The Kier molecular flexibility index (Phi) is 7.83. The minimum absolute atomic E-state index is 0.0312. The largest absolute Gasteiger partial charge is 0.507 e. The third kappa shape index (κ3) is 6.17. The van der Waals surface area contributed by atoms with Crippen LogP contribution in [0.25, 0.3) is 0 Å². The molecule has 21 heavy (non-hydrogen) atoms. The fraction of sp³-hybridized carbons (Fsp3) is 0.588. The molecule has 1 aromatic carbocycles. The van der Waals surface area contributed by atoms with Gasteiger partial charge in [0.1, 0.15) is 5.75 Å². The monoisotopic (exact) mass is 292 g/mol. The number of nitrogens with zero attached hydrogens (tertiary/aromatic N) is 1. The Labute approximate surface area is 128 Å². The number of carbonyl (C=O) groups is 1. The predicted molar refractivity (Wildman–Crippen MR) is 86.7 cm³/mol. The van der Waals surface area contributed by atoms with E-state index in [9.17, 15) is 9.90 Å². The highest BCUT2D eigenvalue weighted by molar-refractivity contribution is 5.96. The van der Waals surface area contributed by atoms with Gasteiger partial charge in [-0.05, 0) is 51.5 Å². The van der Waals surface area contributed by atoms with E-state index in [1.165, 1.54) is 6.07 Å². The summed E-state index contributed by atoms with van der Waals surface area (Å²) in [5.41, 5.74) is 0.340. The fourth-order valence-corrected chi connectivity index (χ4v) is 2.37. The van der Waals surface area contributed by atoms with Gasteiger partial charge < -0.3 is 15.3 Å². The number of hydrogen-bond donors (Lipinski definition) is 2. The van der Waals surface area contributed by atoms with Crippen molar-refractivity contribution in [3.63, 3.8) is 0 Å². The van der Waals surface area contributed by atoms with Crippen molar-refractivity contribution in [3.8, 4) is 5.75 Å². The van der Waals surface area contributed by atoms with Gasteiger partial charge in [-0.1, -0.05) is 32.4 Å². The van der Waals surface area contributed by atoms with Crippen molar-refractivity contribution < 1.29 is 9.90 Å². The fourth-order valence-electron chi connectivity index (χ4n) is 2.37. The predicted octanol–water partition coefficient (Wildman–Crippen LogP) is 3.02.